The summed E-state index contributed by atoms with van der Waals surface area (Å²) >= 11 is 1.58. The Morgan fingerprint density at radius 1 is 1.12 bits per heavy atom. The summed E-state index contributed by atoms with van der Waals surface area (Å²) in [7, 11) is 0. The van der Waals surface area contributed by atoms with E-state index in [4.69, 9.17) is 0 Å². The van der Waals surface area contributed by atoms with Gasteiger partial charge < -0.3 is 9.80 Å². The fourth-order valence-electron chi connectivity index (χ4n) is 2.59. The average molecular weight is 341 g/mol. The third-order valence-electron chi connectivity index (χ3n) is 3.87. The van der Waals surface area contributed by atoms with Gasteiger partial charge in [0.1, 0.15) is 6.54 Å². The normalized spacial score (nSPS) is 14.8. The van der Waals surface area contributed by atoms with Crippen LogP contribution in [0.25, 0.3) is 0 Å². The molecule has 0 aliphatic carbocycles. The first-order chi connectivity index (χ1) is 11.7. The molecule has 0 radical (unpaired) electrons. The summed E-state index contributed by atoms with van der Waals surface area (Å²) in [6.45, 7) is 1.21. The maximum Gasteiger partial charge on any atom is 0.246 e. The van der Waals surface area contributed by atoms with Gasteiger partial charge in [-0.05, 0) is 17.7 Å². The number of carbonyl (C=O) groups excluding carboxylic acids is 2. The van der Waals surface area contributed by atoms with E-state index in [1.54, 1.807) is 40.0 Å². The molecule has 24 heavy (non-hydrogen) atoms. The van der Waals surface area contributed by atoms with Gasteiger partial charge >= 0.3 is 0 Å². The number of hydrogen-bond donors (Lipinski definition) is 0. The molecule has 0 bridgehead atoms. The minimum absolute atomic E-state index is 0.0233. The summed E-state index contributed by atoms with van der Waals surface area (Å²) in [6, 6.07) is 13.7. The van der Waals surface area contributed by atoms with Crippen molar-refractivity contribution in [1.82, 2.24) is 9.88 Å². The first-order valence-electron chi connectivity index (χ1n) is 7.84. The SMILES string of the molecule is O=C(CSCc1ccccc1)N1CCN(c2cccnc2)C(=O)C1. The van der Waals surface area contributed by atoms with Crippen LogP contribution in [-0.2, 0) is 15.3 Å². The molecule has 2 aromatic rings. The molecule has 0 atom stereocenters. The van der Waals surface area contributed by atoms with Crippen molar-refractivity contribution in [2.24, 2.45) is 0 Å². The van der Waals surface area contributed by atoms with Gasteiger partial charge in [0.25, 0.3) is 0 Å². The topological polar surface area (TPSA) is 53.5 Å². The maximum atomic E-state index is 12.3. The molecule has 1 aromatic heterocycles. The molecule has 1 saturated heterocycles. The lowest BCUT2D eigenvalue weighted by Crippen LogP contribution is -2.52. The van der Waals surface area contributed by atoms with Crippen molar-refractivity contribution in [2.75, 3.05) is 30.3 Å². The molecule has 0 N–H and O–H groups in total. The fourth-order valence-corrected chi connectivity index (χ4v) is 3.48. The molecule has 1 aliphatic rings. The van der Waals surface area contributed by atoms with Crippen molar-refractivity contribution in [3.8, 4) is 0 Å². The van der Waals surface area contributed by atoms with Crippen molar-refractivity contribution in [2.45, 2.75) is 5.75 Å². The Labute approximate surface area is 145 Å². The van der Waals surface area contributed by atoms with E-state index in [9.17, 15) is 9.59 Å². The van der Waals surface area contributed by atoms with Crippen LogP contribution in [0.1, 0.15) is 5.56 Å². The number of rotatable bonds is 5. The summed E-state index contributed by atoms with van der Waals surface area (Å²) in [5.41, 5.74) is 1.99. The maximum absolute atomic E-state index is 12.3. The van der Waals surface area contributed by atoms with Crippen LogP contribution in [0.5, 0.6) is 0 Å². The van der Waals surface area contributed by atoms with Gasteiger partial charge in [-0.25, -0.2) is 0 Å². The van der Waals surface area contributed by atoms with E-state index >= 15 is 0 Å². The summed E-state index contributed by atoms with van der Waals surface area (Å²) < 4.78 is 0. The Balaban J connectivity index is 1.48. The molecule has 3 rings (SSSR count). The number of carbonyl (C=O) groups is 2. The number of amides is 2. The third-order valence-corrected chi connectivity index (χ3v) is 4.86. The average Bonchev–Trinajstić information content (AvgIpc) is 2.63. The number of anilines is 1. The van der Waals surface area contributed by atoms with Crippen molar-refractivity contribution in [3.63, 3.8) is 0 Å². The minimum Gasteiger partial charge on any atom is -0.331 e. The van der Waals surface area contributed by atoms with Gasteiger partial charge in [0.2, 0.25) is 11.8 Å². The van der Waals surface area contributed by atoms with Crippen LogP contribution >= 0.6 is 11.8 Å². The predicted octanol–water partition coefficient (Wildman–Crippen LogP) is 2.19. The predicted molar refractivity (Wildman–Crippen MR) is 95.8 cm³/mol. The number of benzene rings is 1. The zero-order valence-electron chi connectivity index (χ0n) is 13.3. The molecule has 2 heterocycles. The monoisotopic (exact) mass is 341 g/mol. The molecule has 1 aliphatic heterocycles. The highest BCUT2D eigenvalue weighted by Crippen LogP contribution is 2.17. The van der Waals surface area contributed by atoms with Gasteiger partial charge in [0.15, 0.2) is 0 Å². The van der Waals surface area contributed by atoms with Crippen LogP contribution < -0.4 is 4.90 Å². The minimum atomic E-state index is -0.0596. The van der Waals surface area contributed by atoms with E-state index in [2.05, 4.69) is 4.98 Å². The Bertz CT molecular complexity index is 694. The highest BCUT2D eigenvalue weighted by atomic mass is 32.2. The van der Waals surface area contributed by atoms with Gasteiger partial charge in [0.05, 0.1) is 17.6 Å². The Morgan fingerprint density at radius 2 is 1.96 bits per heavy atom. The smallest absolute Gasteiger partial charge is 0.246 e. The molecule has 6 heteroatoms. The summed E-state index contributed by atoms with van der Waals surface area (Å²) in [4.78, 5) is 32.0. The fraction of sp³-hybridized carbons (Fsp3) is 0.278. The standard InChI is InChI=1S/C18H19N3O2S/c22-17-12-20(9-10-21(17)16-7-4-8-19-11-16)18(23)14-24-13-15-5-2-1-3-6-15/h1-8,11H,9-10,12-14H2. The van der Waals surface area contributed by atoms with Crippen LogP contribution in [-0.4, -0.2) is 47.1 Å². The Morgan fingerprint density at radius 3 is 2.67 bits per heavy atom. The number of nitrogens with zero attached hydrogens (tertiary/aromatic N) is 3. The summed E-state index contributed by atoms with van der Waals surface area (Å²) in [6.07, 6.45) is 3.35. The zero-order chi connectivity index (χ0) is 16.8. The van der Waals surface area contributed by atoms with Crippen molar-refractivity contribution in [3.05, 3.63) is 60.4 Å². The number of hydrogen-bond acceptors (Lipinski definition) is 4. The number of piperazine rings is 1. The lowest BCUT2D eigenvalue weighted by molar-refractivity contribution is -0.134. The van der Waals surface area contributed by atoms with Crippen molar-refractivity contribution in [1.29, 1.82) is 0 Å². The van der Waals surface area contributed by atoms with Crippen LogP contribution in [0, 0.1) is 0 Å². The molecular formula is C18H19N3O2S. The zero-order valence-corrected chi connectivity index (χ0v) is 14.1. The first kappa shape index (κ1) is 16.5. The van der Waals surface area contributed by atoms with E-state index in [1.807, 2.05) is 36.4 Å². The Hall–Kier alpha value is -2.34. The largest absolute Gasteiger partial charge is 0.331 e. The summed E-state index contributed by atoms with van der Waals surface area (Å²) in [5, 5.41) is 0. The molecule has 0 unspecified atom stereocenters. The molecule has 0 spiro atoms. The van der Waals surface area contributed by atoms with Gasteiger partial charge in [0, 0.05) is 25.0 Å². The third kappa shape index (κ3) is 4.14. The van der Waals surface area contributed by atoms with Crippen molar-refractivity contribution < 1.29 is 9.59 Å². The highest BCUT2D eigenvalue weighted by Gasteiger charge is 2.27. The van der Waals surface area contributed by atoms with E-state index in [-0.39, 0.29) is 18.4 Å². The quantitative estimate of drug-likeness (QED) is 0.836. The Kier molecular flexibility index (Phi) is 5.48. The molecular weight excluding hydrogens is 322 g/mol. The van der Waals surface area contributed by atoms with Gasteiger partial charge in [-0.15, -0.1) is 11.8 Å². The highest BCUT2D eigenvalue weighted by molar-refractivity contribution is 7.99. The molecule has 2 amide bonds. The van der Waals surface area contributed by atoms with Crippen LogP contribution in [0.4, 0.5) is 5.69 Å². The van der Waals surface area contributed by atoms with Crippen LogP contribution in [0.15, 0.2) is 54.9 Å². The van der Waals surface area contributed by atoms with E-state index in [0.717, 1.165) is 11.4 Å². The van der Waals surface area contributed by atoms with E-state index in [0.29, 0.717) is 18.8 Å². The second-order valence-electron chi connectivity index (χ2n) is 5.55. The van der Waals surface area contributed by atoms with Gasteiger partial charge in [-0.3, -0.25) is 14.6 Å². The van der Waals surface area contributed by atoms with E-state index in [1.165, 1.54) is 5.56 Å². The summed E-state index contributed by atoms with van der Waals surface area (Å²) in [5.74, 6) is 1.16. The van der Waals surface area contributed by atoms with Gasteiger partial charge in [-0.1, -0.05) is 30.3 Å². The lowest BCUT2D eigenvalue weighted by atomic mass is 10.2. The number of thioether (sulfide) groups is 1. The molecule has 0 saturated carbocycles. The van der Waals surface area contributed by atoms with Gasteiger partial charge in [-0.2, -0.15) is 0 Å². The first-order valence-corrected chi connectivity index (χ1v) is 8.99. The van der Waals surface area contributed by atoms with Crippen molar-refractivity contribution >= 4 is 29.3 Å². The van der Waals surface area contributed by atoms with Crippen LogP contribution in [0.3, 0.4) is 0 Å². The number of aromatic nitrogens is 1. The molecule has 124 valence electrons. The molecule has 1 aromatic carbocycles. The van der Waals surface area contributed by atoms with Crippen LogP contribution in [0.2, 0.25) is 0 Å². The van der Waals surface area contributed by atoms with E-state index < -0.39 is 0 Å². The molecule has 5 nitrogen and oxygen atoms in total. The molecule has 1 fully saturated rings. The lowest BCUT2D eigenvalue weighted by Gasteiger charge is -2.34. The second-order valence-corrected chi connectivity index (χ2v) is 6.54. The second kappa shape index (κ2) is 7.97. The number of pyridine rings is 1.